The Morgan fingerprint density at radius 3 is 2.58 bits per heavy atom. The average molecular weight is 292 g/mol. The van der Waals surface area contributed by atoms with Crippen molar-refractivity contribution in [2.45, 2.75) is 18.6 Å². The number of hydrogen-bond acceptors (Lipinski definition) is 3. The highest BCUT2D eigenvalue weighted by Gasteiger charge is 2.08. The van der Waals surface area contributed by atoms with E-state index in [2.05, 4.69) is 0 Å². The predicted octanol–water partition coefficient (Wildman–Crippen LogP) is 3.66. The largest absolute Gasteiger partial charge is 0.293 e. The average Bonchev–Trinajstić information content (AvgIpc) is 2.93. The summed E-state index contributed by atoms with van der Waals surface area (Å²) >= 11 is 1.47. The maximum atomic E-state index is 11.9. The van der Waals surface area contributed by atoms with Gasteiger partial charge in [0.25, 0.3) is 0 Å². The number of rotatable bonds is 7. The minimum Gasteiger partial charge on any atom is -0.293 e. The molecule has 0 amide bonds. The molecule has 0 fully saturated rings. The predicted molar refractivity (Wildman–Crippen MR) is 81.0 cm³/mol. The second kappa shape index (κ2) is 7.36. The zero-order chi connectivity index (χ0) is 13.5. The van der Waals surface area contributed by atoms with E-state index in [9.17, 15) is 9.00 Å². The third-order valence-electron chi connectivity index (χ3n) is 2.74. The van der Waals surface area contributed by atoms with Gasteiger partial charge in [0.2, 0.25) is 0 Å². The third kappa shape index (κ3) is 4.73. The number of Topliss-reactive ketones (excluding diaryl/α,β-unsaturated/α-hetero) is 1. The summed E-state index contributed by atoms with van der Waals surface area (Å²) in [5.74, 6) is 1.33. The summed E-state index contributed by atoms with van der Waals surface area (Å²) in [5, 5.41) is 1.90. The number of carbonyl (C=O) groups is 1. The quantitative estimate of drug-likeness (QED) is 0.730. The van der Waals surface area contributed by atoms with Crippen molar-refractivity contribution >= 4 is 27.9 Å². The molecule has 1 unspecified atom stereocenters. The van der Waals surface area contributed by atoms with Crippen molar-refractivity contribution in [1.29, 1.82) is 0 Å². The maximum Gasteiger partial charge on any atom is 0.172 e. The molecule has 2 rings (SSSR count). The Bertz CT molecular complexity index is 533. The van der Waals surface area contributed by atoms with E-state index in [1.165, 1.54) is 11.3 Å². The molecule has 0 N–H and O–H groups in total. The lowest BCUT2D eigenvalue weighted by molar-refractivity contribution is 0.0986. The summed E-state index contributed by atoms with van der Waals surface area (Å²) in [4.78, 5) is 12.6. The molecule has 0 aliphatic heterocycles. The number of carbonyl (C=O) groups excluding carboxylic acids is 1. The number of hydrogen-bond donors (Lipinski definition) is 0. The second-order valence-electron chi connectivity index (χ2n) is 4.28. The minimum absolute atomic E-state index is 0.159. The van der Waals surface area contributed by atoms with E-state index in [1.54, 1.807) is 0 Å². The Morgan fingerprint density at radius 1 is 1.11 bits per heavy atom. The molecule has 0 spiro atoms. The van der Waals surface area contributed by atoms with Crippen LogP contribution in [0.3, 0.4) is 0 Å². The van der Waals surface area contributed by atoms with E-state index in [1.807, 2.05) is 47.8 Å². The lowest BCUT2D eigenvalue weighted by Gasteiger charge is -2.02. The zero-order valence-electron chi connectivity index (χ0n) is 10.6. The van der Waals surface area contributed by atoms with Gasteiger partial charge in [-0.05, 0) is 23.4 Å². The van der Waals surface area contributed by atoms with Crippen LogP contribution >= 0.6 is 11.3 Å². The molecular weight excluding hydrogens is 276 g/mol. The third-order valence-corrected chi connectivity index (χ3v) is 5.05. The fourth-order valence-electron chi connectivity index (χ4n) is 1.79. The van der Waals surface area contributed by atoms with Crippen molar-refractivity contribution in [2.24, 2.45) is 0 Å². The van der Waals surface area contributed by atoms with Gasteiger partial charge < -0.3 is 0 Å². The summed E-state index contributed by atoms with van der Waals surface area (Å²) in [6, 6.07) is 13.5. The zero-order valence-corrected chi connectivity index (χ0v) is 12.2. The van der Waals surface area contributed by atoms with Crippen molar-refractivity contribution in [1.82, 2.24) is 0 Å². The molecule has 2 nitrogen and oxygen atoms in total. The van der Waals surface area contributed by atoms with Crippen molar-refractivity contribution in [3.8, 4) is 0 Å². The van der Waals surface area contributed by atoms with Gasteiger partial charge in [-0.2, -0.15) is 0 Å². The van der Waals surface area contributed by atoms with E-state index >= 15 is 0 Å². The summed E-state index contributed by atoms with van der Waals surface area (Å²) < 4.78 is 11.9. The smallest absolute Gasteiger partial charge is 0.172 e. The van der Waals surface area contributed by atoms with Gasteiger partial charge >= 0.3 is 0 Å². The molecule has 0 saturated carbocycles. The van der Waals surface area contributed by atoms with Crippen LogP contribution in [-0.4, -0.2) is 15.7 Å². The molecule has 0 aliphatic rings. The Hall–Kier alpha value is -1.26. The highest BCUT2D eigenvalue weighted by Crippen LogP contribution is 2.13. The molecule has 2 aromatic rings. The second-order valence-corrected chi connectivity index (χ2v) is 6.80. The molecule has 1 aromatic heterocycles. The Labute approximate surface area is 119 Å². The van der Waals surface area contributed by atoms with Gasteiger partial charge in [0.1, 0.15) is 0 Å². The molecule has 1 aromatic carbocycles. The lowest BCUT2D eigenvalue weighted by Crippen LogP contribution is -2.04. The van der Waals surface area contributed by atoms with Crippen LogP contribution in [0, 0.1) is 0 Å². The van der Waals surface area contributed by atoms with Crippen LogP contribution in [0.4, 0.5) is 0 Å². The van der Waals surface area contributed by atoms with E-state index in [0.29, 0.717) is 24.3 Å². The van der Waals surface area contributed by atoms with Crippen LogP contribution in [0.1, 0.15) is 28.1 Å². The monoisotopic (exact) mass is 292 g/mol. The van der Waals surface area contributed by atoms with Gasteiger partial charge in [-0.3, -0.25) is 9.00 Å². The van der Waals surface area contributed by atoms with Crippen molar-refractivity contribution in [3.05, 3.63) is 58.3 Å². The van der Waals surface area contributed by atoms with Crippen LogP contribution in [0.2, 0.25) is 0 Å². The van der Waals surface area contributed by atoms with Gasteiger partial charge in [-0.25, -0.2) is 0 Å². The van der Waals surface area contributed by atoms with E-state index in [0.717, 1.165) is 10.4 Å². The van der Waals surface area contributed by atoms with Gasteiger partial charge in [-0.15, -0.1) is 11.3 Å². The van der Waals surface area contributed by atoms with E-state index in [4.69, 9.17) is 0 Å². The van der Waals surface area contributed by atoms with Crippen molar-refractivity contribution in [2.75, 3.05) is 5.75 Å². The molecule has 1 heterocycles. The van der Waals surface area contributed by atoms with Crippen LogP contribution in [0.5, 0.6) is 0 Å². The minimum atomic E-state index is -0.883. The van der Waals surface area contributed by atoms with Gasteiger partial charge in [0, 0.05) is 28.7 Å². The lowest BCUT2D eigenvalue weighted by atomic mass is 10.2. The Balaban J connectivity index is 1.71. The fraction of sp³-hybridized carbons (Fsp3) is 0.267. The molecule has 0 aliphatic carbocycles. The molecule has 0 radical (unpaired) electrons. The standard InChI is InChI=1S/C15H16O2S2/c16-14(15-9-4-10-18-15)8-5-11-19(17)12-13-6-2-1-3-7-13/h1-4,6-7,9-10H,5,8,11-12H2. The molecule has 4 heteroatoms. The number of benzene rings is 1. The summed E-state index contributed by atoms with van der Waals surface area (Å²) in [6.07, 6.45) is 1.18. The van der Waals surface area contributed by atoms with Crippen LogP contribution in [0.15, 0.2) is 47.8 Å². The van der Waals surface area contributed by atoms with Crippen molar-refractivity contribution in [3.63, 3.8) is 0 Å². The molecule has 19 heavy (non-hydrogen) atoms. The first-order valence-corrected chi connectivity index (χ1v) is 8.58. The summed E-state index contributed by atoms with van der Waals surface area (Å²) in [7, 11) is -0.883. The van der Waals surface area contributed by atoms with E-state index < -0.39 is 10.8 Å². The normalized spacial score (nSPS) is 12.2. The van der Waals surface area contributed by atoms with Gasteiger partial charge in [0.05, 0.1) is 4.88 Å². The highest BCUT2D eigenvalue weighted by molar-refractivity contribution is 7.84. The highest BCUT2D eigenvalue weighted by atomic mass is 32.2. The van der Waals surface area contributed by atoms with Gasteiger partial charge in [0.15, 0.2) is 5.78 Å². The Kier molecular flexibility index (Phi) is 5.48. The SMILES string of the molecule is O=C(CCCS(=O)Cc1ccccc1)c1cccs1. The number of ketones is 1. The Morgan fingerprint density at radius 2 is 1.89 bits per heavy atom. The first-order chi connectivity index (χ1) is 9.25. The molecule has 100 valence electrons. The van der Waals surface area contributed by atoms with Crippen molar-refractivity contribution < 1.29 is 9.00 Å². The summed E-state index contributed by atoms with van der Waals surface area (Å²) in [5.41, 5.74) is 1.09. The summed E-state index contributed by atoms with van der Waals surface area (Å²) in [6.45, 7) is 0. The molecular formula is C15H16O2S2. The first kappa shape index (κ1) is 14.2. The van der Waals surface area contributed by atoms with Crippen LogP contribution in [-0.2, 0) is 16.6 Å². The number of thiophene rings is 1. The van der Waals surface area contributed by atoms with E-state index in [-0.39, 0.29) is 5.78 Å². The molecule has 1 atom stereocenters. The fourth-order valence-corrected chi connectivity index (χ4v) is 3.66. The topological polar surface area (TPSA) is 34.1 Å². The molecule has 0 bridgehead atoms. The first-order valence-electron chi connectivity index (χ1n) is 6.21. The van der Waals surface area contributed by atoms with Gasteiger partial charge in [-0.1, -0.05) is 36.4 Å². The maximum absolute atomic E-state index is 11.9. The molecule has 0 saturated heterocycles. The van der Waals surface area contributed by atoms with Crippen LogP contribution in [0.25, 0.3) is 0 Å². The van der Waals surface area contributed by atoms with Crippen LogP contribution < -0.4 is 0 Å².